The summed E-state index contributed by atoms with van der Waals surface area (Å²) < 4.78 is 27.2. The normalized spacial score (nSPS) is 10.2. The minimum absolute atomic E-state index is 0.140. The van der Waals surface area contributed by atoms with Gasteiger partial charge in [0.2, 0.25) is 0 Å². The van der Waals surface area contributed by atoms with Crippen LogP contribution in [-0.2, 0) is 6.54 Å². The van der Waals surface area contributed by atoms with Crippen molar-refractivity contribution < 1.29 is 18.7 Å². The van der Waals surface area contributed by atoms with Crippen LogP contribution in [0, 0.1) is 11.6 Å². The number of hydrogen-bond donors (Lipinski definition) is 2. The fraction of sp³-hybridized carbons (Fsp3) is 0.0769. The van der Waals surface area contributed by atoms with Gasteiger partial charge in [-0.2, -0.15) is 0 Å². The molecule has 2 aromatic rings. The van der Waals surface area contributed by atoms with Crippen LogP contribution in [0.15, 0.2) is 36.5 Å². The summed E-state index contributed by atoms with van der Waals surface area (Å²) in [4.78, 5) is 14.6. The summed E-state index contributed by atoms with van der Waals surface area (Å²) in [6.07, 6.45) is 1.57. The Hall–Kier alpha value is -2.50. The van der Waals surface area contributed by atoms with Crippen molar-refractivity contribution in [3.8, 4) is 0 Å². The number of carboxylic acids is 1. The summed E-state index contributed by atoms with van der Waals surface area (Å²) >= 11 is 0. The van der Waals surface area contributed by atoms with Crippen molar-refractivity contribution in [1.82, 2.24) is 4.98 Å². The molecule has 1 heterocycles. The monoisotopic (exact) mass is 264 g/mol. The minimum atomic E-state index is -1.38. The third-order valence-electron chi connectivity index (χ3n) is 2.46. The predicted molar refractivity (Wildman–Crippen MR) is 64.9 cm³/mol. The number of benzene rings is 1. The maximum atomic E-state index is 13.6. The minimum Gasteiger partial charge on any atom is -0.478 e. The summed E-state index contributed by atoms with van der Waals surface area (Å²) in [6, 6.07) is 6.73. The first-order valence-electron chi connectivity index (χ1n) is 5.44. The summed E-state index contributed by atoms with van der Waals surface area (Å²) in [5.41, 5.74) is -0.183. The van der Waals surface area contributed by atoms with E-state index >= 15 is 0 Å². The lowest BCUT2D eigenvalue weighted by molar-refractivity contribution is 0.0696. The van der Waals surface area contributed by atoms with Gasteiger partial charge in [-0.15, -0.1) is 0 Å². The van der Waals surface area contributed by atoms with Gasteiger partial charge in [-0.05, 0) is 24.3 Å². The highest BCUT2D eigenvalue weighted by Gasteiger charge is 2.14. The van der Waals surface area contributed by atoms with Crippen molar-refractivity contribution in [2.24, 2.45) is 0 Å². The van der Waals surface area contributed by atoms with Crippen LogP contribution in [0.1, 0.15) is 16.1 Å². The molecule has 0 radical (unpaired) electrons. The van der Waals surface area contributed by atoms with Gasteiger partial charge >= 0.3 is 5.97 Å². The number of hydrogen-bond acceptors (Lipinski definition) is 3. The number of aromatic carboxylic acids is 1. The standard InChI is InChI=1S/C13H10F2N2O2/c14-10-5-8(13(18)19)6-11(15)12(10)17-7-9-3-1-2-4-16-9/h1-6,17H,7H2,(H,18,19). The highest BCUT2D eigenvalue weighted by atomic mass is 19.1. The topological polar surface area (TPSA) is 62.2 Å². The molecule has 0 aliphatic heterocycles. The lowest BCUT2D eigenvalue weighted by atomic mass is 10.2. The van der Waals surface area contributed by atoms with Gasteiger partial charge in [-0.3, -0.25) is 4.98 Å². The molecular formula is C13H10F2N2O2. The van der Waals surface area contributed by atoms with Gasteiger partial charge in [0.1, 0.15) is 17.3 Å². The number of nitrogens with zero attached hydrogens (tertiary/aromatic N) is 1. The van der Waals surface area contributed by atoms with Gasteiger partial charge < -0.3 is 10.4 Å². The zero-order chi connectivity index (χ0) is 13.8. The lowest BCUT2D eigenvalue weighted by Crippen LogP contribution is -2.07. The molecule has 0 saturated heterocycles. The SMILES string of the molecule is O=C(O)c1cc(F)c(NCc2ccccn2)c(F)c1. The molecule has 0 unspecified atom stereocenters. The Kier molecular flexibility index (Phi) is 3.70. The molecule has 0 atom stereocenters. The Morgan fingerprint density at radius 2 is 1.95 bits per heavy atom. The van der Waals surface area contributed by atoms with Gasteiger partial charge in [-0.25, -0.2) is 13.6 Å². The molecule has 6 heteroatoms. The van der Waals surface area contributed by atoms with Crippen LogP contribution >= 0.6 is 0 Å². The fourth-order valence-corrected chi connectivity index (χ4v) is 1.55. The molecule has 0 saturated carbocycles. The van der Waals surface area contributed by atoms with Gasteiger partial charge in [-0.1, -0.05) is 6.07 Å². The van der Waals surface area contributed by atoms with E-state index < -0.39 is 23.2 Å². The van der Waals surface area contributed by atoms with E-state index in [0.29, 0.717) is 5.69 Å². The van der Waals surface area contributed by atoms with E-state index in [1.54, 1.807) is 24.4 Å². The van der Waals surface area contributed by atoms with Crippen LogP contribution in [0.5, 0.6) is 0 Å². The Bertz CT molecular complexity index is 580. The van der Waals surface area contributed by atoms with E-state index in [4.69, 9.17) is 5.11 Å². The highest BCUT2D eigenvalue weighted by molar-refractivity contribution is 5.88. The van der Waals surface area contributed by atoms with E-state index in [1.807, 2.05) is 0 Å². The van der Waals surface area contributed by atoms with E-state index in [1.165, 1.54) is 0 Å². The van der Waals surface area contributed by atoms with Crippen LogP contribution in [0.3, 0.4) is 0 Å². The third-order valence-corrected chi connectivity index (χ3v) is 2.46. The van der Waals surface area contributed by atoms with Gasteiger partial charge in [0.05, 0.1) is 17.8 Å². The Balaban J connectivity index is 2.19. The summed E-state index contributed by atoms with van der Waals surface area (Å²) in [5, 5.41) is 11.2. The number of aromatic nitrogens is 1. The number of pyridine rings is 1. The number of carboxylic acid groups (broad SMARTS) is 1. The molecule has 0 fully saturated rings. The van der Waals surface area contributed by atoms with Crippen molar-refractivity contribution in [3.05, 3.63) is 59.4 Å². The van der Waals surface area contributed by atoms with Crippen molar-refractivity contribution in [1.29, 1.82) is 0 Å². The second kappa shape index (κ2) is 5.43. The average Bonchev–Trinajstić information content (AvgIpc) is 2.38. The Labute approximate surface area is 107 Å². The maximum Gasteiger partial charge on any atom is 0.335 e. The molecule has 98 valence electrons. The summed E-state index contributed by atoms with van der Waals surface area (Å²) in [7, 11) is 0. The predicted octanol–water partition coefficient (Wildman–Crippen LogP) is 2.67. The van der Waals surface area contributed by atoms with Gasteiger partial charge in [0, 0.05) is 6.20 Å². The number of rotatable bonds is 4. The molecule has 0 aliphatic carbocycles. The molecule has 2 N–H and O–H groups in total. The van der Waals surface area contributed by atoms with Crippen molar-refractivity contribution in [2.75, 3.05) is 5.32 Å². The molecule has 19 heavy (non-hydrogen) atoms. The van der Waals surface area contributed by atoms with Crippen LogP contribution in [0.25, 0.3) is 0 Å². The highest BCUT2D eigenvalue weighted by Crippen LogP contribution is 2.21. The molecule has 4 nitrogen and oxygen atoms in total. The molecule has 1 aromatic carbocycles. The number of anilines is 1. The quantitative estimate of drug-likeness (QED) is 0.891. The van der Waals surface area contributed by atoms with Crippen molar-refractivity contribution in [2.45, 2.75) is 6.54 Å². The summed E-state index contributed by atoms with van der Waals surface area (Å²) in [6.45, 7) is 0.140. The molecular weight excluding hydrogens is 254 g/mol. The Morgan fingerprint density at radius 3 is 2.47 bits per heavy atom. The van der Waals surface area contributed by atoms with E-state index in [9.17, 15) is 13.6 Å². The first-order valence-corrected chi connectivity index (χ1v) is 5.44. The van der Waals surface area contributed by atoms with E-state index in [0.717, 1.165) is 12.1 Å². The number of carbonyl (C=O) groups is 1. The van der Waals surface area contributed by atoms with E-state index in [-0.39, 0.29) is 12.2 Å². The number of nitrogens with one attached hydrogen (secondary N) is 1. The van der Waals surface area contributed by atoms with Crippen molar-refractivity contribution >= 4 is 11.7 Å². The fourth-order valence-electron chi connectivity index (χ4n) is 1.55. The first-order chi connectivity index (χ1) is 9.08. The largest absolute Gasteiger partial charge is 0.478 e. The smallest absolute Gasteiger partial charge is 0.335 e. The van der Waals surface area contributed by atoms with Gasteiger partial charge in [0.25, 0.3) is 0 Å². The molecule has 0 spiro atoms. The Morgan fingerprint density at radius 1 is 1.26 bits per heavy atom. The summed E-state index contributed by atoms with van der Waals surface area (Å²) in [5.74, 6) is -3.28. The van der Waals surface area contributed by atoms with E-state index in [2.05, 4.69) is 10.3 Å². The lowest BCUT2D eigenvalue weighted by Gasteiger charge is -2.09. The molecule has 1 aromatic heterocycles. The molecule has 0 bridgehead atoms. The zero-order valence-corrected chi connectivity index (χ0v) is 9.73. The van der Waals surface area contributed by atoms with Crippen LogP contribution in [-0.4, -0.2) is 16.1 Å². The van der Waals surface area contributed by atoms with Gasteiger partial charge in [0.15, 0.2) is 0 Å². The third kappa shape index (κ3) is 3.04. The second-order valence-electron chi connectivity index (χ2n) is 3.79. The van der Waals surface area contributed by atoms with Crippen molar-refractivity contribution in [3.63, 3.8) is 0 Å². The number of halogens is 2. The second-order valence-corrected chi connectivity index (χ2v) is 3.79. The average molecular weight is 264 g/mol. The first kappa shape index (κ1) is 12.9. The zero-order valence-electron chi connectivity index (χ0n) is 9.73. The van der Waals surface area contributed by atoms with Crippen LogP contribution in [0.2, 0.25) is 0 Å². The van der Waals surface area contributed by atoms with Crippen LogP contribution < -0.4 is 5.32 Å². The molecule has 0 aliphatic rings. The van der Waals surface area contributed by atoms with Crippen LogP contribution in [0.4, 0.5) is 14.5 Å². The molecule has 0 amide bonds. The molecule has 2 rings (SSSR count). The maximum absolute atomic E-state index is 13.6.